The van der Waals surface area contributed by atoms with Crippen LogP contribution in [0.4, 0.5) is 5.95 Å². The summed E-state index contributed by atoms with van der Waals surface area (Å²) in [6.07, 6.45) is 7.72. The van der Waals surface area contributed by atoms with Gasteiger partial charge in [0.2, 0.25) is 5.95 Å². The first-order valence-corrected chi connectivity index (χ1v) is 5.76. The lowest BCUT2D eigenvalue weighted by atomic mass is 10.2. The van der Waals surface area contributed by atoms with Crippen molar-refractivity contribution < 1.29 is 4.74 Å². The van der Waals surface area contributed by atoms with Crippen LogP contribution in [0.25, 0.3) is 0 Å². The molecule has 0 saturated carbocycles. The smallest absolute Gasteiger partial charge is 0.202 e. The van der Waals surface area contributed by atoms with E-state index in [1.807, 2.05) is 12.4 Å². The lowest BCUT2D eigenvalue weighted by molar-refractivity contribution is 0.120. The van der Waals surface area contributed by atoms with Crippen molar-refractivity contribution in [2.45, 2.75) is 38.8 Å². The number of nitrogens with zero attached hydrogens (tertiary/aromatic N) is 2. The van der Waals surface area contributed by atoms with Crippen LogP contribution in [-0.2, 0) is 11.3 Å². The third-order valence-electron chi connectivity index (χ3n) is 2.69. The van der Waals surface area contributed by atoms with Gasteiger partial charge in [-0.2, -0.15) is 0 Å². The summed E-state index contributed by atoms with van der Waals surface area (Å²) in [4.78, 5) is 4.29. The van der Waals surface area contributed by atoms with Gasteiger partial charge in [-0.25, -0.2) is 4.98 Å². The fraction of sp³-hybridized carbons (Fsp3) is 0.727. The molecular formula is C11H19N3O. The predicted octanol–water partition coefficient (Wildman–Crippen LogP) is 1.88. The standard InChI is InChI=1S/C11H19N3O/c1-2-6-14-7-5-12-11(14)13-9-10-4-3-8-15-10/h5,7,10H,2-4,6,8-9H2,1H3,(H,12,13). The Labute approximate surface area is 90.6 Å². The van der Waals surface area contributed by atoms with Gasteiger partial charge in [0.25, 0.3) is 0 Å². The number of rotatable bonds is 5. The molecule has 0 amide bonds. The van der Waals surface area contributed by atoms with E-state index in [9.17, 15) is 0 Å². The van der Waals surface area contributed by atoms with Crippen molar-refractivity contribution >= 4 is 5.95 Å². The van der Waals surface area contributed by atoms with E-state index >= 15 is 0 Å². The summed E-state index contributed by atoms with van der Waals surface area (Å²) in [6.45, 7) is 4.98. The topological polar surface area (TPSA) is 39.1 Å². The van der Waals surface area contributed by atoms with Crippen LogP contribution in [0.1, 0.15) is 26.2 Å². The van der Waals surface area contributed by atoms with Crippen LogP contribution in [0.3, 0.4) is 0 Å². The van der Waals surface area contributed by atoms with Gasteiger partial charge in [-0.1, -0.05) is 6.92 Å². The lowest BCUT2D eigenvalue weighted by Gasteiger charge is -2.12. The van der Waals surface area contributed by atoms with Gasteiger partial charge in [0.15, 0.2) is 0 Å². The minimum absolute atomic E-state index is 0.372. The molecule has 1 N–H and O–H groups in total. The molecule has 4 nitrogen and oxygen atoms in total. The summed E-state index contributed by atoms with van der Waals surface area (Å²) in [5, 5.41) is 3.35. The van der Waals surface area contributed by atoms with Crippen molar-refractivity contribution in [2.24, 2.45) is 0 Å². The number of hydrogen-bond acceptors (Lipinski definition) is 3. The number of aromatic nitrogens is 2. The van der Waals surface area contributed by atoms with Gasteiger partial charge in [0, 0.05) is 32.1 Å². The van der Waals surface area contributed by atoms with E-state index in [0.29, 0.717) is 6.10 Å². The third-order valence-corrected chi connectivity index (χ3v) is 2.69. The Kier molecular flexibility index (Phi) is 3.61. The number of nitrogens with one attached hydrogen (secondary N) is 1. The molecule has 1 aromatic heterocycles. The van der Waals surface area contributed by atoms with E-state index in [0.717, 1.165) is 32.1 Å². The van der Waals surface area contributed by atoms with Crippen molar-refractivity contribution in [3.05, 3.63) is 12.4 Å². The summed E-state index contributed by atoms with van der Waals surface area (Å²) < 4.78 is 7.70. The van der Waals surface area contributed by atoms with Crippen LogP contribution in [0.5, 0.6) is 0 Å². The van der Waals surface area contributed by atoms with E-state index in [-0.39, 0.29) is 0 Å². The molecule has 2 heterocycles. The van der Waals surface area contributed by atoms with Crippen molar-refractivity contribution in [3.8, 4) is 0 Å². The summed E-state index contributed by atoms with van der Waals surface area (Å²) >= 11 is 0. The van der Waals surface area contributed by atoms with E-state index in [1.165, 1.54) is 12.8 Å². The molecule has 0 spiro atoms. The van der Waals surface area contributed by atoms with Crippen molar-refractivity contribution in [1.29, 1.82) is 0 Å². The van der Waals surface area contributed by atoms with Crippen LogP contribution in [0.2, 0.25) is 0 Å². The molecule has 1 saturated heterocycles. The minimum atomic E-state index is 0.372. The monoisotopic (exact) mass is 209 g/mol. The Bertz CT molecular complexity index is 292. The summed E-state index contributed by atoms with van der Waals surface area (Å²) in [5.41, 5.74) is 0. The zero-order valence-corrected chi connectivity index (χ0v) is 9.28. The first-order chi connectivity index (χ1) is 7.40. The first kappa shape index (κ1) is 10.5. The van der Waals surface area contributed by atoms with Crippen molar-refractivity contribution in [1.82, 2.24) is 9.55 Å². The highest BCUT2D eigenvalue weighted by atomic mass is 16.5. The van der Waals surface area contributed by atoms with Crippen LogP contribution < -0.4 is 5.32 Å². The molecular weight excluding hydrogens is 190 g/mol. The van der Waals surface area contributed by atoms with Crippen LogP contribution in [0, 0.1) is 0 Å². The van der Waals surface area contributed by atoms with Gasteiger partial charge in [-0.05, 0) is 19.3 Å². The molecule has 15 heavy (non-hydrogen) atoms. The molecule has 1 atom stereocenters. The molecule has 0 aromatic carbocycles. The van der Waals surface area contributed by atoms with Crippen molar-refractivity contribution in [3.63, 3.8) is 0 Å². The summed E-state index contributed by atoms with van der Waals surface area (Å²) in [6, 6.07) is 0. The molecule has 4 heteroatoms. The Morgan fingerprint density at radius 1 is 1.67 bits per heavy atom. The van der Waals surface area contributed by atoms with Gasteiger partial charge in [-0.15, -0.1) is 0 Å². The molecule has 0 radical (unpaired) electrons. The number of hydrogen-bond donors (Lipinski definition) is 1. The largest absolute Gasteiger partial charge is 0.376 e. The van der Waals surface area contributed by atoms with Gasteiger partial charge in [0.1, 0.15) is 0 Å². The molecule has 0 aliphatic carbocycles. The second-order valence-electron chi connectivity index (χ2n) is 3.96. The van der Waals surface area contributed by atoms with Crippen LogP contribution in [0.15, 0.2) is 12.4 Å². The quantitative estimate of drug-likeness (QED) is 0.804. The number of aryl methyl sites for hydroxylation is 1. The van der Waals surface area contributed by atoms with Gasteiger partial charge in [0.05, 0.1) is 6.10 Å². The highest BCUT2D eigenvalue weighted by Crippen LogP contribution is 2.13. The minimum Gasteiger partial charge on any atom is -0.376 e. The second kappa shape index (κ2) is 5.16. The average Bonchev–Trinajstić information content (AvgIpc) is 2.85. The van der Waals surface area contributed by atoms with Gasteiger partial charge in [-0.3, -0.25) is 0 Å². The highest BCUT2D eigenvalue weighted by molar-refractivity contribution is 5.25. The van der Waals surface area contributed by atoms with Gasteiger partial charge < -0.3 is 14.6 Å². The van der Waals surface area contributed by atoms with Crippen LogP contribution >= 0.6 is 0 Å². The first-order valence-electron chi connectivity index (χ1n) is 5.76. The van der Waals surface area contributed by atoms with E-state index in [4.69, 9.17) is 4.74 Å². The average molecular weight is 209 g/mol. The summed E-state index contributed by atoms with van der Waals surface area (Å²) in [7, 11) is 0. The zero-order chi connectivity index (χ0) is 10.5. The molecule has 1 aliphatic rings. The van der Waals surface area contributed by atoms with Crippen LogP contribution in [-0.4, -0.2) is 28.8 Å². The van der Waals surface area contributed by atoms with E-state index in [2.05, 4.69) is 21.8 Å². The van der Waals surface area contributed by atoms with Crippen molar-refractivity contribution in [2.75, 3.05) is 18.5 Å². The Morgan fingerprint density at radius 3 is 3.33 bits per heavy atom. The maximum absolute atomic E-state index is 5.55. The lowest BCUT2D eigenvalue weighted by Crippen LogP contribution is -2.20. The fourth-order valence-corrected chi connectivity index (χ4v) is 1.91. The second-order valence-corrected chi connectivity index (χ2v) is 3.96. The number of anilines is 1. The SMILES string of the molecule is CCCn1ccnc1NCC1CCCO1. The maximum atomic E-state index is 5.55. The molecule has 0 bridgehead atoms. The fourth-order valence-electron chi connectivity index (χ4n) is 1.91. The molecule has 1 unspecified atom stereocenters. The van der Waals surface area contributed by atoms with E-state index < -0.39 is 0 Å². The normalized spacial score (nSPS) is 20.7. The Balaban J connectivity index is 1.83. The number of ether oxygens (including phenoxy) is 1. The van der Waals surface area contributed by atoms with E-state index in [1.54, 1.807) is 0 Å². The predicted molar refractivity (Wildman–Crippen MR) is 60.0 cm³/mol. The third kappa shape index (κ3) is 2.72. The Hall–Kier alpha value is -1.03. The summed E-state index contributed by atoms with van der Waals surface area (Å²) in [5.74, 6) is 0.965. The van der Waals surface area contributed by atoms with Gasteiger partial charge >= 0.3 is 0 Å². The molecule has 1 aromatic rings. The number of imidazole rings is 1. The molecule has 1 fully saturated rings. The molecule has 84 valence electrons. The molecule has 1 aliphatic heterocycles. The maximum Gasteiger partial charge on any atom is 0.202 e. The molecule has 2 rings (SSSR count). The zero-order valence-electron chi connectivity index (χ0n) is 9.28. The highest BCUT2D eigenvalue weighted by Gasteiger charge is 2.15. The Morgan fingerprint density at radius 2 is 2.60 bits per heavy atom.